The van der Waals surface area contributed by atoms with E-state index in [2.05, 4.69) is 20.5 Å². The largest absolute Gasteiger partial charge is 0.324 e. The number of nitrogens with zero attached hydrogens (tertiary/aromatic N) is 4. The lowest BCUT2D eigenvalue weighted by atomic mass is 10.1. The number of benzene rings is 1. The Bertz CT molecular complexity index is 824. The second-order valence-corrected chi connectivity index (χ2v) is 4.99. The van der Waals surface area contributed by atoms with Gasteiger partial charge < -0.3 is 5.32 Å². The number of hydrogen-bond acceptors (Lipinski definition) is 4. The van der Waals surface area contributed by atoms with Gasteiger partial charge in [0, 0.05) is 18.0 Å². The summed E-state index contributed by atoms with van der Waals surface area (Å²) in [6.07, 6.45) is 3.30. The molecule has 1 amide bonds. The van der Waals surface area contributed by atoms with Crippen LogP contribution in [0.4, 0.5) is 5.69 Å². The SMILES string of the molecule is CC(=O)Nc1ccc(C)c2c(-n3cnnc3)cc(C)nc12. The molecule has 3 aromatic rings. The van der Waals surface area contributed by atoms with Crippen molar-refractivity contribution in [3.8, 4) is 5.69 Å². The third-order valence-electron chi connectivity index (χ3n) is 3.28. The normalized spacial score (nSPS) is 10.8. The molecule has 0 bridgehead atoms. The van der Waals surface area contributed by atoms with Crippen LogP contribution in [0.15, 0.2) is 30.9 Å². The molecule has 0 aliphatic carbocycles. The van der Waals surface area contributed by atoms with Crippen LogP contribution in [0.5, 0.6) is 0 Å². The van der Waals surface area contributed by atoms with Crippen LogP contribution in [0.3, 0.4) is 0 Å². The Morgan fingerprint density at radius 1 is 1.19 bits per heavy atom. The second-order valence-electron chi connectivity index (χ2n) is 4.99. The number of anilines is 1. The van der Waals surface area contributed by atoms with E-state index < -0.39 is 0 Å². The van der Waals surface area contributed by atoms with E-state index in [1.165, 1.54) is 6.92 Å². The summed E-state index contributed by atoms with van der Waals surface area (Å²) in [6.45, 7) is 5.43. The van der Waals surface area contributed by atoms with E-state index in [0.29, 0.717) is 5.69 Å². The molecule has 0 saturated heterocycles. The van der Waals surface area contributed by atoms with Crippen molar-refractivity contribution in [2.75, 3.05) is 5.32 Å². The Labute approximate surface area is 121 Å². The fraction of sp³-hybridized carbons (Fsp3) is 0.200. The van der Waals surface area contributed by atoms with Crippen molar-refractivity contribution in [1.82, 2.24) is 19.7 Å². The van der Waals surface area contributed by atoms with Gasteiger partial charge in [-0.15, -0.1) is 10.2 Å². The third-order valence-corrected chi connectivity index (χ3v) is 3.28. The first-order valence-corrected chi connectivity index (χ1v) is 6.60. The summed E-state index contributed by atoms with van der Waals surface area (Å²) in [7, 11) is 0. The molecule has 1 aromatic carbocycles. The van der Waals surface area contributed by atoms with Crippen LogP contribution in [0, 0.1) is 13.8 Å². The molecule has 106 valence electrons. The van der Waals surface area contributed by atoms with Gasteiger partial charge in [-0.2, -0.15) is 0 Å². The van der Waals surface area contributed by atoms with Gasteiger partial charge in [0.25, 0.3) is 0 Å². The van der Waals surface area contributed by atoms with E-state index in [4.69, 9.17) is 0 Å². The molecule has 0 saturated carbocycles. The maximum absolute atomic E-state index is 11.4. The number of aryl methyl sites for hydroxylation is 2. The molecule has 0 aliphatic rings. The molecule has 1 N–H and O–H groups in total. The van der Waals surface area contributed by atoms with Gasteiger partial charge in [-0.25, -0.2) is 0 Å². The topological polar surface area (TPSA) is 72.7 Å². The van der Waals surface area contributed by atoms with Crippen LogP contribution in [0.1, 0.15) is 18.2 Å². The predicted octanol–water partition coefficient (Wildman–Crippen LogP) is 2.39. The van der Waals surface area contributed by atoms with Gasteiger partial charge in [0.15, 0.2) is 0 Å². The molecule has 6 nitrogen and oxygen atoms in total. The molecule has 0 unspecified atom stereocenters. The number of rotatable bonds is 2. The van der Waals surface area contributed by atoms with Crippen LogP contribution in [0.2, 0.25) is 0 Å². The highest BCUT2D eigenvalue weighted by atomic mass is 16.1. The molecule has 2 aromatic heterocycles. The van der Waals surface area contributed by atoms with Gasteiger partial charge in [-0.1, -0.05) is 6.07 Å². The van der Waals surface area contributed by atoms with Crippen molar-refractivity contribution >= 4 is 22.5 Å². The zero-order valence-corrected chi connectivity index (χ0v) is 12.1. The first-order valence-electron chi connectivity index (χ1n) is 6.60. The fourth-order valence-corrected chi connectivity index (χ4v) is 2.43. The highest BCUT2D eigenvalue weighted by molar-refractivity contribution is 6.03. The van der Waals surface area contributed by atoms with E-state index in [-0.39, 0.29) is 5.91 Å². The molecule has 3 rings (SSSR count). The van der Waals surface area contributed by atoms with Crippen LogP contribution >= 0.6 is 0 Å². The first-order chi connectivity index (χ1) is 10.1. The van der Waals surface area contributed by atoms with Crippen LogP contribution in [-0.2, 0) is 4.79 Å². The number of nitrogens with one attached hydrogen (secondary N) is 1. The highest BCUT2D eigenvalue weighted by Gasteiger charge is 2.13. The van der Waals surface area contributed by atoms with Gasteiger partial charge in [-0.05, 0) is 31.5 Å². The minimum Gasteiger partial charge on any atom is -0.324 e. The van der Waals surface area contributed by atoms with Crippen molar-refractivity contribution in [3.63, 3.8) is 0 Å². The summed E-state index contributed by atoms with van der Waals surface area (Å²) >= 11 is 0. The second kappa shape index (κ2) is 4.97. The highest BCUT2D eigenvalue weighted by Crippen LogP contribution is 2.30. The molecule has 0 spiro atoms. The quantitative estimate of drug-likeness (QED) is 0.782. The average Bonchev–Trinajstić information content (AvgIpc) is 2.94. The summed E-state index contributed by atoms with van der Waals surface area (Å²) in [5.74, 6) is -0.116. The van der Waals surface area contributed by atoms with E-state index in [1.807, 2.05) is 36.6 Å². The van der Waals surface area contributed by atoms with E-state index in [9.17, 15) is 4.79 Å². The summed E-state index contributed by atoms with van der Waals surface area (Å²) in [4.78, 5) is 16.0. The summed E-state index contributed by atoms with van der Waals surface area (Å²) < 4.78 is 1.85. The van der Waals surface area contributed by atoms with Gasteiger partial charge in [0.2, 0.25) is 5.91 Å². The standard InChI is InChI=1S/C15H15N5O/c1-9-4-5-12(19-11(3)21)15-14(9)13(6-10(2)18-15)20-7-16-17-8-20/h4-8H,1-3H3,(H,19,21). The van der Waals surface area contributed by atoms with Gasteiger partial charge >= 0.3 is 0 Å². The van der Waals surface area contributed by atoms with Crippen molar-refractivity contribution in [3.05, 3.63) is 42.1 Å². The van der Waals surface area contributed by atoms with E-state index in [0.717, 1.165) is 27.8 Å². The lowest BCUT2D eigenvalue weighted by Crippen LogP contribution is -2.08. The van der Waals surface area contributed by atoms with Crippen molar-refractivity contribution in [2.24, 2.45) is 0 Å². The number of carbonyl (C=O) groups excluding carboxylic acids is 1. The zero-order chi connectivity index (χ0) is 15.0. The minimum absolute atomic E-state index is 0.116. The summed E-state index contributed by atoms with van der Waals surface area (Å²) in [5.41, 5.74) is 4.38. The Morgan fingerprint density at radius 3 is 2.57 bits per heavy atom. The van der Waals surface area contributed by atoms with Crippen LogP contribution in [0.25, 0.3) is 16.6 Å². The van der Waals surface area contributed by atoms with E-state index >= 15 is 0 Å². The lowest BCUT2D eigenvalue weighted by molar-refractivity contribution is -0.114. The van der Waals surface area contributed by atoms with Gasteiger partial charge in [0.1, 0.15) is 12.7 Å². The maximum atomic E-state index is 11.4. The van der Waals surface area contributed by atoms with Crippen LogP contribution < -0.4 is 5.32 Å². The van der Waals surface area contributed by atoms with Crippen LogP contribution in [-0.4, -0.2) is 25.7 Å². The molecule has 2 heterocycles. The van der Waals surface area contributed by atoms with Crippen molar-refractivity contribution in [2.45, 2.75) is 20.8 Å². The van der Waals surface area contributed by atoms with Gasteiger partial charge in [0.05, 0.1) is 16.9 Å². The molecular weight excluding hydrogens is 266 g/mol. The molecule has 0 fully saturated rings. The van der Waals surface area contributed by atoms with Crippen molar-refractivity contribution in [1.29, 1.82) is 0 Å². The Kier molecular flexibility index (Phi) is 3.13. The monoisotopic (exact) mass is 281 g/mol. The molecule has 6 heteroatoms. The predicted molar refractivity (Wildman–Crippen MR) is 80.4 cm³/mol. The zero-order valence-electron chi connectivity index (χ0n) is 12.1. The number of pyridine rings is 1. The minimum atomic E-state index is -0.116. The number of fused-ring (bicyclic) bond motifs is 1. The van der Waals surface area contributed by atoms with Crippen molar-refractivity contribution < 1.29 is 4.79 Å². The maximum Gasteiger partial charge on any atom is 0.221 e. The molecule has 0 atom stereocenters. The summed E-state index contributed by atoms with van der Waals surface area (Å²) in [5, 5.41) is 11.5. The molecule has 0 aliphatic heterocycles. The average molecular weight is 281 g/mol. The number of hydrogen-bond donors (Lipinski definition) is 1. The first kappa shape index (κ1) is 13.2. The lowest BCUT2D eigenvalue weighted by Gasteiger charge is -2.14. The molecule has 21 heavy (non-hydrogen) atoms. The molecular formula is C15H15N5O. The number of aromatic nitrogens is 4. The third kappa shape index (κ3) is 2.35. The smallest absolute Gasteiger partial charge is 0.221 e. The Balaban J connectivity index is 2.37. The van der Waals surface area contributed by atoms with E-state index in [1.54, 1.807) is 12.7 Å². The number of amides is 1. The fourth-order valence-electron chi connectivity index (χ4n) is 2.43. The Morgan fingerprint density at radius 2 is 1.90 bits per heavy atom. The summed E-state index contributed by atoms with van der Waals surface area (Å²) in [6, 6.07) is 5.83. The number of carbonyl (C=O) groups is 1. The Hall–Kier alpha value is -2.76. The van der Waals surface area contributed by atoms with Gasteiger partial charge in [-0.3, -0.25) is 14.3 Å². The molecule has 0 radical (unpaired) electrons.